The van der Waals surface area contributed by atoms with Crippen molar-refractivity contribution in [1.29, 1.82) is 0 Å². The first-order chi connectivity index (χ1) is 20.8. The number of carboxylic acid groups (broad SMARTS) is 2. The molecule has 4 atom stereocenters. The minimum atomic E-state index is -1.72. The maximum Gasteiger partial charge on any atom is 0.326 e. The zero-order valence-electron chi connectivity index (χ0n) is 23.5. The van der Waals surface area contributed by atoms with Crippen molar-refractivity contribution in [3.8, 4) is 5.75 Å². The van der Waals surface area contributed by atoms with Crippen LogP contribution in [-0.4, -0.2) is 80.0 Å². The summed E-state index contributed by atoms with van der Waals surface area (Å²) in [6, 6.07) is 7.04. The van der Waals surface area contributed by atoms with E-state index in [1.807, 2.05) is 0 Å². The van der Waals surface area contributed by atoms with Gasteiger partial charge in [-0.25, -0.2) is 4.79 Å². The number of carbonyl (C=O) groups excluding carboxylic acids is 4. The number of H-pyrrole nitrogens is 1. The average Bonchev–Trinajstić information content (AvgIpc) is 3.38. The van der Waals surface area contributed by atoms with Crippen LogP contribution in [0.15, 0.2) is 54.7 Å². The van der Waals surface area contributed by atoms with Crippen molar-refractivity contribution in [3.63, 3.8) is 0 Å². The van der Waals surface area contributed by atoms with Crippen molar-refractivity contribution in [2.45, 2.75) is 56.3 Å². The number of para-hydroxylation sites is 1. The summed E-state index contributed by atoms with van der Waals surface area (Å²) in [5, 5.41) is 36.6. The molecular formula is C29H34N6O9. The molecule has 4 amide bonds. The Bertz CT molecular complexity index is 1520. The van der Waals surface area contributed by atoms with Gasteiger partial charge in [-0.05, 0) is 35.7 Å². The number of nitrogens with one attached hydrogen (secondary N) is 4. The molecule has 0 aliphatic rings. The van der Waals surface area contributed by atoms with Crippen LogP contribution in [0.3, 0.4) is 0 Å². The second kappa shape index (κ2) is 15.2. The Kier molecular flexibility index (Phi) is 11.4. The Labute approximate surface area is 251 Å². The molecule has 1 heterocycles. The summed E-state index contributed by atoms with van der Waals surface area (Å²) in [4.78, 5) is 77.0. The highest BCUT2D eigenvalue weighted by atomic mass is 16.4. The molecule has 0 bridgehead atoms. The number of aromatic nitrogens is 1. The van der Waals surface area contributed by atoms with Crippen molar-refractivity contribution in [2.24, 2.45) is 11.5 Å². The van der Waals surface area contributed by atoms with Crippen LogP contribution in [0, 0.1) is 0 Å². The van der Waals surface area contributed by atoms with Gasteiger partial charge in [0, 0.05) is 36.4 Å². The predicted molar refractivity (Wildman–Crippen MR) is 156 cm³/mol. The SMILES string of the molecule is NC(=O)CCC(N)C(=O)NC(Cc1ccc(O)cc1)C(=O)NC(CC(=O)O)C(=O)NC(Cc1c[nH]c2ccccc12)C(=O)O. The molecule has 2 aromatic carbocycles. The monoisotopic (exact) mass is 610 g/mol. The number of phenolic OH excluding ortho intramolecular Hbond substituents is 1. The number of aromatic hydroxyl groups is 1. The summed E-state index contributed by atoms with van der Waals surface area (Å²) in [6.07, 6.45) is 0.129. The van der Waals surface area contributed by atoms with Gasteiger partial charge in [-0.2, -0.15) is 0 Å². The van der Waals surface area contributed by atoms with Gasteiger partial charge in [0.25, 0.3) is 0 Å². The molecule has 15 nitrogen and oxygen atoms in total. The van der Waals surface area contributed by atoms with Crippen molar-refractivity contribution < 1.29 is 44.1 Å². The molecule has 0 fully saturated rings. The topological polar surface area (TPSA) is 267 Å². The van der Waals surface area contributed by atoms with E-state index in [9.17, 15) is 44.1 Å². The zero-order valence-corrected chi connectivity index (χ0v) is 23.5. The Hall–Kier alpha value is -5.44. The smallest absolute Gasteiger partial charge is 0.326 e. The summed E-state index contributed by atoms with van der Waals surface area (Å²) in [6.45, 7) is 0. The minimum absolute atomic E-state index is 0.0499. The molecule has 15 heteroatoms. The van der Waals surface area contributed by atoms with Crippen LogP contribution in [0.2, 0.25) is 0 Å². The van der Waals surface area contributed by atoms with Crippen LogP contribution in [0.1, 0.15) is 30.4 Å². The molecule has 3 aromatic rings. The van der Waals surface area contributed by atoms with Crippen molar-refractivity contribution >= 4 is 46.5 Å². The summed E-state index contributed by atoms with van der Waals surface area (Å²) in [5.41, 5.74) is 12.8. The number of amides is 4. The van der Waals surface area contributed by atoms with Crippen LogP contribution in [0.25, 0.3) is 10.9 Å². The van der Waals surface area contributed by atoms with E-state index in [0.717, 1.165) is 10.9 Å². The quantitative estimate of drug-likeness (QED) is 0.0980. The summed E-state index contributed by atoms with van der Waals surface area (Å²) < 4.78 is 0. The first-order valence-corrected chi connectivity index (χ1v) is 13.6. The molecular weight excluding hydrogens is 576 g/mol. The van der Waals surface area contributed by atoms with E-state index >= 15 is 0 Å². The molecule has 44 heavy (non-hydrogen) atoms. The summed E-state index contributed by atoms with van der Waals surface area (Å²) in [5.74, 6) is -6.41. The normalized spacial score (nSPS) is 13.7. The second-order valence-electron chi connectivity index (χ2n) is 10.2. The lowest BCUT2D eigenvalue weighted by Gasteiger charge is -2.25. The first kappa shape index (κ1) is 33.1. The molecule has 0 saturated heterocycles. The van der Waals surface area contributed by atoms with Gasteiger partial charge in [0.2, 0.25) is 23.6 Å². The fourth-order valence-electron chi connectivity index (χ4n) is 4.43. The van der Waals surface area contributed by atoms with Gasteiger partial charge in [0.05, 0.1) is 12.5 Å². The van der Waals surface area contributed by atoms with E-state index in [-0.39, 0.29) is 31.4 Å². The molecule has 0 aliphatic heterocycles. The summed E-state index contributed by atoms with van der Waals surface area (Å²) in [7, 11) is 0. The predicted octanol–water partition coefficient (Wildman–Crippen LogP) is -0.735. The zero-order chi connectivity index (χ0) is 32.4. The van der Waals surface area contributed by atoms with Gasteiger partial charge in [-0.15, -0.1) is 0 Å². The van der Waals surface area contributed by atoms with Gasteiger partial charge >= 0.3 is 11.9 Å². The van der Waals surface area contributed by atoms with E-state index < -0.39 is 66.2 Å². The maximum atomic E-state index is 13.4. The highest BCUT2D eigenvalue weighted by Gasteiger charge is 2.32. The number of carbonyl (C=O) groups is 6. The van der Waals surface area contributed by atoms with Crippen LogP contribution < -0.4 is 27.4 Å². The van der Waals surface area contributed by atoms with E-state index in [2.05, 4.69) is 20.9 Å². The largest absolute Gasteiger partial charge is 0.508 e. The number of rotatable bonds is 16. The number of primary amides is 1. The van der Waals surface area contributed by atoms with E-state index in [4.69, 9.17) is 11.5 Å². The fraction of sp³-hybridized carbons (Fsp3) is 0.310. The number of nitrogens with two attached hydrogens (primary N) is 2. The lowest BCUT2D eigenvalue weighted by molar-refractivity contribution is -0.143. The fourth-order valence-corrected chi connectivity index (χ4v) is 4.43. The Morgan fingerprint density at radius 3 is 2.05 bits per heavy atom. The Morgan fingerprint density at radius 1 is 0.795 bits per heavy atom. The maximum absolute atomic E-state index is 13.4. The number of hydrogen-bond donors (Lipinski definition) is 9. The van der Waals surface area contributed by atoms with Gasteiger partial charge < -0.3 is 47.7 Å². The molecule has 4 unspecified atom stereocenters. The number of hydrogen-bond acceptors (Lipinski definition) is 8. The highest BCUT2D eigenvalue weighted by Crippen LogP contribution is 2.19. The van der Waals surface area contributed by atoms with E-state index in [1.165, 1.54) is 24.3 Å². The van der Waals surface area contributed by atoms with Crippen LogP contribution >= 0.6 is 0 Å². The van der Waals surface area contributed by atoms with Crippen LogP contribution in [-0.2, 0) is 41.6 Å². The van der Waals surface area contributed by atoms with Gasteiger partial charge in [0.1, 0.15) is 23.9 Å². The van der Waals surface area contributed by atoms with Gasteiger partial charge in [0.15, 0.2) is 0 Å². The molecule has 0 saturated carbocycles. The average molecular weight is 611 g/mol. The first-order valence-electron chi connectivity index (χ1n) is 13.6. The molecule has 11 N–H and O–H groups in total. The Balaban J connectivity index is 1.79. The van der Waals surface area contributed by atoms with E-state index in [1.54, 1.807) is 30.5 Å². The minimum Gasteiger partial charge on any atom is -0.508 e. The third-order valence-corrected chi connectivity index (χ3v) is 6.77. The molecule has 0 spiro atoms. The van der Waals surface area contributed by atoms with Crippen LogP contribution in [0.4, 0.5) is 0 Å². The Morgan fingerprint density at radius 2 is 1.41 bits per heavy atom. The van der Waals surface area contributed by atoms with Gasteiger partial charge in [-0.1, -0.05) is 30.3 Å². The second-order valence-corrected chi connectivity index (χ2v) is 10.2. The van der Waals surface area contributed by atoms with Gasteiger partial charge in [-0.3, -0.25) is 24.0 Å². The number of fused-ring (bicyclic) bond motifs is 1. The molecule has 1 aromatic heterocycles. The van der Waals surface area contributed by atoms with Crippen molar-refractivity contribution in [2.75, 3.05) is 0 Å². The number of benzene rings is 2. The van der Waals surface area contributed by atoms with Crippen LogP contribution in [0.5, 0.6) is 5.75 Å². The number of carboxylic acids is 2. The molecule has 3 rings (SSSR count). The standard InChI is InChI=1S/C29H34N6O9/c30-19(9-10-24(31)37)26(40)33-21(11-15-5-7-17(36)8-6-15)27(41)34-22(13-25(38)39)28(42)35-23(29(43)44)12-16-14-32-20-4-2-1-3-18(16)20/h1-8,14,19,21-23,32,36H,9-13,30H2,(H2,31,37)(H,33,40)(H,34,41)(H,35,42)(H,38,39)(H,43,44). The van der Waals surface area contributed by atoms with Crippen molar-refractivity contribution in [3.05, 3.63) is 65.9 Å². The number of aromatic amines is 1. The van der Waals surface area contributed by atoms with Crippen molar-refractivity contribution in [1.82, 2.24) is 20.9 Å². The molecule has 234 valence electrons. The molecule has 0 aliphatic carbocycles. The third kappa shape index (κ3) is 9.55. The number of aliphatic carboxylic acids is 2. The lowest BCUT2D eigenvalue weighted by Crippen LogP contribution is -2.58. The third-order valence-electron chi connectivity index (χ3n) is 6.77. The van der Waals surface area contributed by atoms with E-state index in [0.29, 0.717) is 11.1 Å². The summed E-state index contributed by atoms with van der Waals surface area (Å²) >= 11 is 0. The highest BCUT2D eigenvalue weighted by molar-refractivity contribution is 5.96. The lowest BCUT2D eigenvalue weighted by atomic mass is 10.0. The number of phenols is 1. The molecule has 0 radical (unpaired) electrons.